The lowest BCUT2D eigenvalue weighted by molar-refractivity contribution is 0.207. The van der Waals surface area contributed by atoms with E-state index in [0.717, 1.165) is 61.0 Å². The molecule has 3 aromatic rings. The monoisotopic (exact) mass is 351 g/mol. The van der Waals surface area contributed by atoms with E-state index in [1.807, 2.05) is 37.2 Å². The summed E-state index contributed by atoms with van der Waals surface area (Å²) in [7, 11) is 3.98. The van der Waals surface area contributed by atoms with Gasteiger partial charge >= 0.3 is 0 Å². The number of fused-ring (bicyclic) bond motifs is 1. The number of hydrogen-bond acceptors (Lipinski definition) is 6. The van der Waals surface area contributed by atoms with Gasteiger partial charge in [-0.2, -0.15) is 0 Å². The number of piperidine rings is 1. The molecule has 0 atom stereocenters. The van der Waals surface area contributed by atoms with E-state index in [0.29, 0.717) is 6.04 Å². The predicted octanol–water partition coefficient (Wildman–Crippen LogP) is 2.50. The fourth-order valence-electron chi connectivity index (χ4n) is 3.41. The summed E-state index contributed by atoms with van der Waals surface area (Å²) in [4.78, 5) is 21.2. The minimum Gasteiger partial charge on any atom is -0.367 e. The molecule has 0 spiro atoms. The third kappa shape index (κ3) is 3.77. The summed E-state index contributed by atoms with van der Waals surface area (Å²) in [6.07, 6.45) is 3.82. The van der Waals surface area contributed by atoms with E-state index in [2.05, 4.69) is 42.3 Å². The van der Waals surface area contributed by atoms with E-state index in [1.54, 1.807) is 6.33 Å². The largest absolute Gasteiger partial charge is 0.367 e. The van der Waals surface area contributed by atoms with Crippen molar-refractivity contribution in [1.29, 1.82) is 0 Å². The average Bonchev–Trinajstić information content (AvgIpc) is 3.06. The zero-order valence-corrected chi connectivity index (χ0v) is 15.3. The lowest BCUT2D eigenvalue weighted by Gasteiger charge is -2.32. The molecule has 4 rings (SSSR count). The number of likely N-dealkylation sites (tertiary alicyclic amines) is 1. The molecule has 1 aliphatic rings. The fraction of sp³-hybridized carbons (Fsp3) is 0.421. The third-order valence-electron chi connectivity index (χ3n) is 4.86. The Kier molecular flexibility index (Phi) is 4.71. The van der Waals surface area contributed by atoms with Crippen molar-refractivity contribution < 1.29 is 0 Å². The summed E-state index contributed by atoms with van der Waals surface area (Å²) < 4.78 is 0. The zero-order chi connectivity index (χ0) is 17.9. The minimum atomic E-state index is 0.451. The smallest absolute Gasteiger partial charge is 0.133 e. The van der Waals surface area contributed by atoms with Crippen molar-refractivity contribution in [1.82, 2.24) is 24.8 Å². The van der Waals surface area contributed by atoms with Crippen LogP contribution in [0.1, 0.15) is 18.7 Å². The number of aromatic nitrogens is 4. The van der Waals surface area contributed by atoms with Gasteiger partial charge in [0.05, 0.1) is 17.6 Å². The van der Waals surface area contributed by atoms with Crippen LogP contribution >= 0.6 is 0 Å². The van der Waals surface area contributed by atoms with Crippen molar-refractivity contribution in [3.63, 3.8) is 0 Å². The molecule has 0 radical (unpaired) electrons. The summed E-state index contributed by atoms with van der Waals surface area (Å²) >= 11 is 0. The maximum Gasteiger partial charge on any atom is 0.133 e. The molecular formula is C19H25N7. The second-order valence-corrected chi connectivity index (χ2v) is 7.05. The average molecular weight is 351 g/mol. The number of aromatic amines is 1. The maximum atomic E-state index is 4.69. The van der Waals surface area contributed by atoms with Crippen molar-refractivity contribution in [2.75, 3.05) is 37.4 Å². The number of hydrogen-bond donors (Lipinski definition) is 2. The van der Waals surface area contributed by atoms with E-state index < -0.39 is 0 Å². The zero-order valence-electron chi connectivity index (χ0n) is 15.3. The molecule has 136 valence electrons. The SMILES string of the molecule is CN(C)c1cc(NC2CCN(Cc3nc4ccccc4[nH]3)CC2)ncn1. The molecule has 2 N–H and O–H groups in total. The van der Waals surface area contributed by atoms with Crippen LogP contribution in [0.3, 0.4) is 0 Å². The first-order chi connectivity index (χ1) is 12.7. The topological polar surface area (TPSA) is 73.0 Å². The van der Waals surface area contributed by atoms with Crippen molar-refractivity contribution in [2.45, 2.75) is 25.4 Å². The van der Waals surface area contributed by atoms with Gasteiger partial charge in [0, 0.05) is 39.3 Å². The maximum absolute atomic E-state index is 4.69. The van der Waals surface area contributed by atoms with Crippen LogP contribution in [0.2, 0.25) is 0 Å². The summed E-state index contributed by atoms with van der Waals surface area (Å²) in [5, 5.41) is 3.55. The van der Waals surface area contributed by atoms with Gasteiger partial charge in [-0.1, -0.05) is 12.1 Å². The summed E-state index contributed by atoms with van der Waals surface area (Å²) in [5.74, 6) is 2.87. The fourth-order valence-corrected chi connectivity index (χ4v) is 3.41. The Morgan fingerprint density at radius 1 is 1.19 bits per heavy atom. The van der Waals surface area contributed by atoms with E-state index in [9.17, 15) is 0 Å². The van der Waals surface area contributed by atoms with Crippen LogP contribution in [0.25, 0.3) is 11.0 Å². The Balaban J connectivity index is 1.32. The highest BCUT2D eigenvalue weighted by Gasteiger charge is 2.20. The van der Waals surface area contributed by atoms with Crippen LogP contribution in [0.15, 0.2) is 36.7 Å². The first-order valence-corrected chi connectivity index (χ1v) is 9.09. The molecule has 7 nitrogen and oxygen atoms in total. The Bertz CT molecular complexity index is 832. The molecule has 0 bridgehead atoms. The summed E-state index contributed by atoms with van der Waals surface area (Å²) in [6.45, 7) is 2.99. The molecule has 7 heteroatoms. The van der Waals surface area contributed by atoms with Crippen LogP contribution in [0.5, 0.6) is 0 Å². The van der Waals surface area contributed by atoms with Gasteiger partial charge in [-0.05, 0) is 25.0 Å². The number of anilines is 2. The van der Waals surface area contributed by atoms with Gasteiger partial charge in [0.15, 0.2) is 0 Å². The molecule has 1 aromatic carbocycles. The predicted molar refractivity (Wildman–Crippen MR) is 104 cm³/mol. The van der Waals surface area contributed by atoms with Crippen molar-refractivity contribution in [3.05, 3.63) is 42.5 Å². The molecule has 3 heterocycles. The van der Waals surface area contributed by atoms with Crippen LogP contribution in [0, 0.1) is 0 Å². The van der Waals surface area contributed by atoms with Crippen LogP contribution in [0.4, 0.5) is 11.6 Å². The summed E-state index contributed by atoms with van der Waals surface area (Å²) in [6, 6.07) is 10.6. The Hall–Kier alpha value is -2.67. The molecule has 1 aliphatic heterocycles. The molecule has 1 fully saturated rings. The van der Waals surface area contributed by atoms with Gasteiger partial charge in [0.1, 0.15) is 23.8 Å². The molecule has 0 aliphatic carbocycles. The molecule has 1 saturated heterocycles. The van der Waals surface area contributed by atoms with Gasteiger partial charge in [0.25, 0.3) is 0 Å². The van der Waals surface area contributed by atoms with Crippen LogP contribution in [-0.4, -0.2) is 58.1 Å². The number of imidazole rings is 1. The normalized spacial score (nSPS) is 16.1. The lowest BCUT2D eigenvalue weighted by Crippen LogP contribution is -2.39. The standard InChI is InChI=1S/C19H25N7/c1-25(2)19-11-17(20-13-21-19)22-14-7-9-26(10-8-14)12-18-23-15-5-3-4-6-16(15)24-18/h3-6,11,13-14H,7-10,12H2,1-2H3,(H,23,24)(H,20,21,22). The Morgan fingerprint density at radius 3 is 2.77 bits per heavy atom. The van der Waals surface area contributed by atoms with Gasteiger partial charge in [-0.15, -0.1) is 0 Å². The van der Waals surface area contributed by atoms with E-state index >= 15 is 0 Å². The quantitative estimate of drug-likeness (QED) is 0.736. The van der Waals surface area contributed by atoms with Gasteiger partial charge in [-0.25, -0.2) is 15.0 Å². The molecule has 2 aromatic heterocycles. The third-order valence-corrected chi connectivity index (χ3v) is 4.86. The van der Waals surface area contributed by atoms with E-state index in [4.69, 9.17) is 0 Å². The number of nitrogens with zero attached hydrogens (tertiary/aromatic N) is 5. The highest BCUT2D eigenvalue weighted by molar-refractivity contribution is 5.74. The van der Waals surface area contributed by atoms with Gasteiger partial charge in [-0.3, -0.25) is 4.90 Å². The lowest BCUT2D eigenvalue weighted by atomic mass is 10.1. The number of nitrogens with one attached hydrogen (secondary N) is 2. The van der Waals surface area contributed by atoms with E-state index in [-0.39, 0.29) is 0 Å². The molecule has 0 amide bonds. The minimum absolute atomic E-state index is 0.451. The van der Waals surface area contributed by atoms with Crippen molar-refractivity contribution in [2.24, 2.45) is 0 Å². The molecular weight excluding hydrogens is 326 g/mol. The molecule has 26 heavy (non-hydrogen) atoms. The number of rotatable bonds is 5. The highest BCUT2D eigenvalue weighted by atomic mass is 15.2. The highest BCUT2D eigenvalue weighted by Crippen LogP contribution is 2.19. The van der Waals surface area contributed by atoms with Crippen LogP contribution in [-0.2, 0) is 6.54 Å². The van der Waals surface area contributed by atoms with Gasteiger partial charge < -0.3 is 15.2 Å². The molecule has 0 saturated carbocycles. The van der Waals surface area contributed by atoms with Crippen molar-refractivity contribution in [3.8, 4) is 0 Å². The Morgan fingerprint density at radius 2 is 2.00 bits per heavy atom. The number of para-hydroxylation sites is 2. The first-order valence-electron chi connectivity index (χ1n) is 9.09. The van der Waals surface area contributed by atoms with Crippen LogP contribution < -0.4 is 10.2 Å². The molecule has 0 unspecified atom stereocenters. The number of H-pyrrole nitrogens is 1. The van der Waals surface area contributed by atoms with E-state index in [1.165, 1.54) is 0 Å². The van der Waals surface area contributed by atoms with Gasteiger partial charge in [0.2, 0.25) is 0 Å². The second-order valence-electron chi connectivity index (χ2n) is 7.05. The first kappa shape index (κ1) is 16.8. The number of benzene rings is 1. The summed E-state index contributed by atoms with van der Waals surface area (Å²) in [5.41, 5.74) is 2.15. The second kappa shape index (κ2) is 7.29. The van der Waals surface area contributed by atoms with Crippen molar-refractivity contribution >= 4 is 22.7 Å². The Labute approximate surface area is 153 Å².